The van der Waals surface area contributed by atoms with E-state index in [1.165, 1.54) is 0 Å². The Bertz CT molecular complexity index is 619. The number of amides is 1. The molecule has 1 aromatic carbocycles. The van der Waals surface area contributed by atoms with Crippen LogP contribution in [0.1, 0.15) is 41.6 Å². The Balaban J connectivity index is 2.08. The molecule has 1 heterocycles. The van der Waals surface area contributed by atoms with Crippen LogP contribution in [0.25, 0.3) is 0 Å². The maximum absolute atomic E-state index is 12.2. The number of nitrogens with two attached hydrogens (primary N) is 1. The highest BCUT2D eigenvalue weighted by Crippen LogP contribution is 2.19. The smallest absolute Gasteiger partial charge is 0.274 e. The molecule has 6 nitrogen and oxygen atoms in total. The predicted molar refractivity (Wildman–Crippen MR) is 81.3 cm³/mol. The summed E-state index contributed by atoms with van der Waals surface area (Å²) in [6, 6.07) is 7.39. The van der Waals surface area contributed by atoms with Crippen LogP contribution in [0.15, 0.2) is 24.3 Å². The number of nitrogen functional groups attached to an aromatic ring is 1. The fourth-order valence-corrected chi connectivity index (χ4v) is 2.07. The van der Waals surface area contributed by atoms with Gasteiger partial charge in [-0.1, -0.05) is 19.1 Å². The van der Waals surface area contributed by atoms with Crippen LogP contribution >= 0.6 is 0 Å². The molecule has 0 saturated carbocycles. The van der Waals surface area contributed by atoms with Crippen molar-refractivity contribution in [1.82, 2.24) is 15.5 Å². The van der Waals surface area contributed by atoms with E-state index < -0.39 is 0 Å². The minimum absolute atomic E-state index is 0.149. The van der Waals surface area contributed by atoms with Crippen LogP contribution in [0.2, 0.25) is 0 Å². The Kier molecular flexibility index (Phi) is 4.47. The summed E-state index contributed by atoms with van der Waals surface area (Å²) >= 11 is 0. The van der Waals surface area contributed by atoms with Crippen molar-refractivity contribution in [2.45, 2.75) is 26.3 Å². The van der Waals surface area contributed by atoms with Crippen molar-refractivity contribution in [2.75, 3.05) is 12.8 Å². The largest absolute Gasteiger partial charge is 0.497 e. The van der Waals surface area contributed by atoms with Gasteiger partial charge in [0.05, 0.1) is 24.5 Å². The molecule has 6 heteroatoms. The van der Waals surface area contributed by atoms with Crippen LogP contribution in [0.5, 0.6) is 5.75 Å². The van der Waals surface area contributed by atoms with Gasteiger partial charge in [0, 0.05) is 0 Å². The lowest BCUT2D eigenvalue weighted by molar-refractivity contribution is 0.0935. The summed E-state index contributed by atoms with van der Waals surface area (Å²) in [5.41, 5.74) is 8.31. The third-order valence-corrected chi connectivity index (χ3v) is 3.41. The summed E-state index contributed by atoms with van der Waals surface area (Å²) in [7, 11) is 1.62. The van der Waals surface area contributed by atoms with E-state index in [0.29, 0.717) is 12.1 Å². The Labute approximate surface area is 123 Å². The number of aryl methyl sites for hydroxylation is 1. The summed E-state index contributed by atoms with van der Waals surface area (Å²) in [4.78, 5) is 12.2. The van der Waals surface area contributed by atoms with Crippen LogP contribution < -0.4 is 15.8 Å². The molecular formula is C15H20N4O2. The van der Waals surface area contributed by atoms with Crippen molar-refractivity contribution in [3.63, 3.8) is 0 Å². The van der Waals surface area contributed by atoms with Gasteiger partial charge < -0.3 is 15.8 Å². The van der Waals surface area contributed by atoms with Crippen molar-refractivity contribution in [3.8, 4) is 5.75 Å². The Morgan fingerprint density at radius 2 is 2.10 bits per heavy atom. The number of H-pyrrole nitrogens is 1. The van der Waals surface area contributed by atoms with Gasteiger partial charge in [0.1, 0.15) is 5.75 Å². The van der Waals surface area contributed by atoms with E-state index in [1.54, 1.807) is 7.11 Å². The van der Waals surface area contributed by atoms with Crippen LogP contribution in [0, 0.1) is 0 Å². The van der Waals surface area contributed by atoms with E-state index in [-0.39, 0.29) is 17.6 Å². The first-order valence-corrected chi connectivity index (χ1v) is 6.84. The van der Waals surface area contributed by atoms with Gasteiger partial charge in [0.2, 0.25) is 0 Å². The van der Waals surface area contributed by atoms with Gasteiger partial charge in [-0.15, -0.1) is 0 Å². The molecule has 0 bridgehead atoms. The summed E-state index contributed by atoms with van der Waals surface area (Å²) in [5.74, 6) is 0.494. The highest BCUT2D eigenvalue weighted by atomic mass is 16.5. The Morgan fingerprint density at radius 3 is 2.62 bits per heavy atom. The quantitative estimate of drug-likeness (QED) is 0.785. The van der Waals surface area contributed by atoms with E-state index in [4.69, 9.17) is 10.5 Å². The van der Waals surface area contributed by atoms with Crippen LogP contribution in [-0.2, 0) is 6.42 Å². The molecule has 1 amide bonds. The highest BCUT2D eigenvalue weighted by Gasteiger charge is 2.18. The van der Waals surface area contributed by atoms with Crippen LogP contribution in [0.3, 0.4) is 0 Å². The van der Waals surface area contributed by atoms with Gasteiger partial charge in [-0.3, -0.25) is 9.89 Å². The zero-order valence-electron chi connectivity index (χ0n) is 12.4. The van der Waals surface area contributed by atoms with E-state index in [9.17, 15) is 4.79 Å². The normalized spacial score (nSPS) is 12.0. The second-order valence-corrected chi connectivity index (χ2v) is 4.79. The van der Waals surface area contributed by atoms with Crippen molar-refractivity contribution < 1.29 is 9.53 Å². The van der Waals surface area contributed by atoms with E-state index in [2.05, 4.69) is 15.5 Å². The number of benzene rings is 1. The van der Waals surface area contributed by atoms with Gasteiger partial charge in [-0.25, -0.2) is 0 Å². The first-order valence-electron chi connectivity index (χ1n) is 6.84. The molecule has 2 rings (SSSR count). The average Bonchev–Trinajstić information content (AvgIpc) is 2.88. The van der Waals surface area contributed by atoms with Crippen molar-refractivity contribution in [2.24, 2.45) is 0 Å². The number of anilines is 1. The second-order valence-electron chi connectivity index (χ2n) is 4.79. The highest BCUT2D eigenvalue weighted by molar-refractivity contribution is 5.97. The summed E-state index contributed by atoms with van der Waals surface area (Å²) in [6.45, 7) is 3.86. The number of carbonyl (C=O) groups is 1. The molecule has 0 fully saturated rings. The van der Waals surface area contributed by atoms with Gasteiger partial charge in [-0.05, 0) is 31.0 Å². The van der Waals surface area contributed by atoms with Gasteiger partial charge in [0.15, 0.2) is 5.69 Å². The predicted octanol–water partition coefficient (Wildman–Crippen LogP) is 2.05. The minimum Gasteiger partial charge on any atom is -0.497 e. The monoisotopic (exact) mass is 288 g/mol. The third kappa shape index (κ3) is 3.16. The fourth-order valence-electron chi connectivity index (χ4n) is 2.07. The molecule has 0 aliphatic heterocycles. The molecule has 1 atom stereocenters. The maximum Gasteiger partial charge on any atom is 0.274 e. The number of ether oxygens (including phenoxy) is 1. The minimum atomic E-state index is -0.285. The molecule has 0 aliphatic rings. The zero-order valence-corrected chi connectivity index (χ0v) is 12.4. The number of methoxy groups -OCH3 is 1. The van der Waals surface area contributed by atoms with Crippen LogP contribution in [-0.4, -0.2) is 23.2 Å². The molecule has 1 aromatic heterocycles. The summed E-state index contributed by atoms with van der Waals surface area (Å²) in [5, 5.41) is 9.64. The first-order chi connectivity index (χ1) is 10.1. The zero-order chi connectivity index (χ0) is 15.4. The number of hydrogen-bond acceptors (Lipinski definition) is 4. The molecule has 0 saturated heterocycles. The Hall–Kier alpha value is -2.50. The second kappa shape index (κ2) is 6.30. The average molecular weight is 288 g/mol. The van der Waals surface area contributed by atoms with E-state index in [0.717, 1.165) is 17.0 Å². The number of nitrogens with one attached hydrogen (secondary N) is 2. The molecule has 4 N–H and O–H groups in total. The van der Waals surface area contributed by atoms with Crippen molar-refractivity contribution >= 4 is 11.6 Å². The standard InChI is InChI=1S/C15H20N4O2/c1-4-12-13(16)14(19-18-12)15(20)17-9(2)10-5-7-11(21-3)8-6-10/h5-9H,4,16H2,1-3H3,(H,17,20)(H,18,19). The number of aromatic amines is 1. The lowest BCUT2D eigenvalue weighted by Crippen LogP contribution is -2.27. The molecule has 2 aromatic rings. The fraction of sp³-hybridized carbons (Fsp3) is 0.333. The van der Waals surface area contributed by atoms with Crippen molar-refractivity contribution in [3.05, 3.63) is 41.2 Å². The van der Waals surface area contributed by atoms with E-state index >= 15 is 0 Å². The molecule has 0 radical (unpaired) electrons. The number of rotatable bonds is 5. The van der Waals surface area contributed by atoms with E-state index in [1.807, 2.05) is 38.1 Å². The number of nitrogens with zero attached hydrogens (tertiary/aromatic N) is 1. The van der Waals surface area contributed by atoms with Crippen molar-refractivity contribution in [1.29, 1.82) is 0 Å². The van der Waals surface area contributed by atoms with Gasteiger partial charge in [0.25, 0.3) is 5.91 Å². The number of hydrogen-bond donors (Lipinski definition) is 3. The lowest BCUT2D eigenvalue weighted by Gasteiger charge is -2.14. The summed E-state index contributed by atoms with van der Waals surface area (Å²) in [6.07, 6.45) is 0.708. The Morgan fingerprint density at radius 1 is 1.43 bits per heavy atom. The van der Waals surface area contributed by atoms with Gasteiger partial charge >= 0.3 is 0 Å². The SMILES string of the molecule is CCc1[nH]nc(C(=O)NC(C)c2ccc(OC)cc2)c1N. The van der Waals surface area contributed by atoms with Crippen LogP contribution in [0.4, 0.5) is 5.69 Å². The summed E-state index contributed by atoms with van der Waals surface area (Å²) < 4.78 is 5.11. The van der Waals surface area contributed by atoms with Gasteiger partial charge in [-0.2, -0.15) is 5.10 Å². The lowest BCUT2D eigenvalue weighted by atomic mass is 10.1. The molecule has 21 heavy (non-hydrogen) atoms. The third-order valence-electron chi connectivity index (χ3n) is 3.41. The number of aromatic nitrogens is 2. The topological polar surface area (TPSA) is 93.0 Å². The number of carbonyl (C=O) groups excluding carboxylic acids is 1. The maximum atomic E-state index is 12.2. The molecule has 112 valence electrons. The first kappa shape index (κ1) is 14.9. The molecular weight excluding hydrogens is 268 g/mol. The molecule has 0 aliphatic carbocycles. The molecule has 1 unspecified atom stereocenters. The molecule has 0 spiro atoms.